The lowest BCUT2D eigenvalue weighted by molar-refractivity contribution is 0.0663. The fourth-order valence-electron chi connectivity index (χ4n) is 3.68. The number of likely N-dealkylation sites (tertiary alicyclic amines) is 1. The van der Waals surface area contributed by atoms with E-state index < -0.39 is 6.10 Å². The SMILES string of the molecule is COc1c(C(=O)N2CCC[C@@H]2C[C@@H](O)c2ccccc2)c(C)nn1C. The number of aliphatic hydroxyl groups is 1. The molecule has 6 nitrogen and oxygen atoms in total. The van der Waals surface area contributed by atoms with Crippen molar-refractivity contribution in [1.82, 2.24) is 14.7 Å². The van der Waals surface area contributed by atoms with E-state index in [1.54, 1.807) is 18.8 Å². The quantitative estimate of drug-likeness (QED) is 0.906. The first-order valence-electron chi connectivity index (χ1n) is 8.64. The Morgan fingerprint density at radius 2 is 2.12 bits per heavy atom. The van der Waals surface area contributed by atoms with E-state index in [4.69, 9.17) is 4.74 Å². The van der Waals surface area contributed by atoms with Crippen LogP contribution in [0.1, 0.15) is 47.0 Å². The molecule has 1 aromatic heterocycles. The summed E-state index contributed by atoms with van der Waals surface area (Å²) in [6.45, 7) is 2.52. The van der Waals surface area contributed by atoms with Gasteiger partial charge in [0.15, 0.2) is 0 Å². The number of aryl methyl sites for hydroxylation is 2. The maximum Gasteiger partial charge on any atom is 0.261 e. The number of carbonyl (C=O) groups is 1. The number of amides is 1. The van der Waals surface area contributed by atoms with E-state index in [1.807, 2.05) is 42.2 Å². The van der Waals surface area contributed by atoms with Gasteiger partial charge in [-0.2, -0.15) is 5.10 Å². The van der Waals surface area contributed by atoms with Crippen molar-refractivity contribution < 1.29 is 14.6 Å². The molecule has 0 saturated carbocycles. The van der Waals surface area contributed by atoms with Gasteiger partial charge in [-0.1, -0.05) is 30.3 Å². The third kappa shape index (κ3) is 3.39. The van der Waals surface area contributed by atoms with Gasteiger partial charge in [0.05, 0.1) is 18.9 Å². The van der Waals surface area contributed by atoms with Crippen molar-refractivity contribution in [2.45, 2.75) is 38.3 Å². The predicted octanol–water partition coefficient (Wildman–Crippen LogP) is 2.47. The van der Waals surface area contributed by atoms with Crippen LogP contribution in [0.4, 0.5) is 0 Å². The molecule has 0 spiro atoms. The van der Waals surface area contributed by atoms with Crippen molar-refractivity contribution in [3.05, 3.63) is 47.2 Å². The number of benzene rings is 1. The molecule has 1 amide bonds. The summed E-state index contributed by atoms with van der Waals surface area (Å²) in [5.41, 5.74) is 2.07. The van der Waals surface area contributed by atoms with Gasteiger partial charge < -0.3 is 14.7 Å². The Morgan fingerprint density at radius 1 is 1.40 bits per heavy atom. The summed E-state index contributed by atoms with van der Waals surface area (Å²) < 4.78 is 6.96. The van der Waals surface area contributed by atoms with Crippen LogP contribution in [-0.2, 0) is 7.05 Å². The first kappa shape index (κ1) is 17.5. The van der Waals surface area contributed by atoms with E-state index in [1.165, 1.54) is 0 Å². The monoisotopic (exact) mass is 343 g/mol. The van der Waals surface area contributed by atoms with Crippen LogP contribution in [0.2, 0.25) is 0 Å². The van der Waals surface area contributed by atoms with Crippen LogP contribution in [0.5, 0.6) is 5.88 Å². The molecule has 1 aliphatic rings. The van der Waals surface area contributed by atoms with Crippen LogP contribution in [0.3, 0.4) is 0 Å². The number of hydrogen-bond donors (Lipinski definition) is 1. The number of aliphatic hydroxyl groups excluding tert-OH is 1. The lowest BCUT2D eigenvalue weighted by atomic mass is 10.00. The summed E-state index contributed by atoms with van der Waals surface area (Å²) in [7, 11) is 3.32. The molecule has 2 aromatic rings. The van der Waals surface area contributed by atoms with Gasteiger partial charge in [-0.3, -0.25) is 4.79 Å². The molecule has 2 heterocycles. The second kappa shape index (κ2) is 7.27. The Labute approximate surface area is 148 Å². The zero-order valence-electron chi connectivity index (χ0n) is 15.0. The van der Waals surface area contributed by atoms with E-state index >= 15 is 0 Å². The molecule has 25 heavy (non-hydrogen) atoms. The summed E-state index contributed by atoms with van der Waals surface area (Å²) in [6.07, 6.45) is 1.81. The molecule has 1 N–H and O–H groups in total. The van der Waals surface area contributed by atoms with E-state index in [2.05, 4.69) is 5.10 Å². The molecule has 0 radical (unpaired) electrons. The predicted molar refractivity (Wildman–Crippen MR) is 94.6 cm³/mol. The zero-order chi connectivity index (χ0) is 18.0. The number of aromatic nitrogens is 2. The van der Waals surface area contributed by atoms with Crippen LogP contribution in [-0.4, -0.2) is 45.4 Å². The molecule has 1 aliphatic heterocycles. The molecule has 1 aromatic carbocycles. The van der Waals surface area contributed by atoms with E-state index in [9.17, 15) is 9.90 Å². The van der Waals surface area contributed by atoms with Gasteiger partial charge in [-0.15, -0.1) is 0 Å². The molecule has 0 aliphatic carbocycles. The van der Waals surface area contributed by atoms with Crippen LogP contribution in [0.15, 0.2) is 30.3 Å². The smallest absolute Gasteiger partial charge is 0.261 e. The molecular weight excluding hydrogens is 318 g/mol. The number of ether oxygens (including phenoxy) is 1. The number of carbonyl (C=O) groups excluding carboxylic acids is 1. The van der Waals surface area contributed by atoms with Gasteiger partial charge in [-0.05, 0) is 31.7 Å². The number of methoxy groups -OCH3 is 1. The lowest BCUT2D eigenvalue weighted by Gasteiger charge is -2.27. The summed E-state index contributed by atoms with van der Waals surface area (Å²) in [4.78, 5) is 15.0. The molecular formula is C19H25N3O3. The summed E-state index contributed by atoms with van der Waals surface area (Å²) >= 11 is 0. The largest absolute Gasteiger partial charge is 0.481 e. The Kier molecular flexibility index (Phi) is 5.08. The highest BCUT2D eigenvalue weighted by molar-refractivity contribution is 5.98. The Hall–Kier alpha value is -2.34. The topological polar surface area (TPSA) is 67.6 Å². The van der Waals surface area contributed by atoms with Crippen LogP contribution in [0, 0.1) is 6.92 Å². The standard InChI is InChI=1S/C19H25N3O3/c1-13-17(19(25-3)21(2)20-13)18(24)22-11-7-10-15(22)12-16(23)14-8-5-4-6-9-14/h4-6,8-9,15-16,23H,7,10-12H2,1-3H3/t15-,16-/m1/s1. The molecule has 0 bridgehead atoms. The fraction of sp³-hybridized carbons (Fsp3) is 0.474. The molecule has 134 valence electrons. The summed E-state index contributed by atoms with van der Waals surface area (Å²) in [5.74, 6) is 0.418. The van der Waals surface area contributed by atoms with Gasteiger partial charge in [0.25, 0.3) is 5.91 Å². The van der Waals surface area contributed by atoms with Crippen molar-refractivity contribution in [2.24, 2.45) is 7.05 Å². The van der Waals surface area contributed by atoms with Crippen LogP contribution in [0.25, 0.3) is 0 Å². The third-order valence-corrected chi connectivity index (χ3v) is 4.89. The minimum absolute atomic E-state index is 0.0204. The average Bonchev–Trinajstić information content (AvgIpc) is 3.18. The van der Waals surface area contributed by atoms with Crippen molar-refractivity contribution in [3.63, 3.8) is 0 Å². The van der Waals surface area contributed by atoms with Gasteiger partial charge in [0.2, 0.25) is 5.88 Å². The third-order valence-electron chi connectivity index (χ3n) is 4.89. The van der Waals surface area contributed by atoms with Gasteiger partial charge >= 0.3 is 0 Å². The van der Waals surface area contributed by atoms with Gasteiger partial charge in [-0.25, -0.2) is 4.68 Å². The minimum Gasteiger partial charge on any atom is -0.481 e. The molecule has 6 heteroatoms. The van der Waals surface area contributed by atoms with Crippen LogP contribution < -0.4 is 4.74 Å². The first-order valence-corrected chi connectivity index (χ1v) is 8.64. The second-order valence-corrected chi connectivity index (χ2v) is 6.55. The fourth-order valence-corrected chi connectivity index (χ4v) is 3.68. The maximum absolute atomic E-state index is 13.1. The van der Waals surface area contributed by atoms with Gasteiger partial charge in [0.1, 0.15) is 5.56 Å². The van der Waals surface area contributed by atoms with Crippen molar-refractivity contribution in [2.75, 3.05) is 13.7 Å². The van der Waals surface area contributed by atoms with E-state index in [0.29, 0.717) is 30.1 Å². The Bertz CT molecular complexity index is 742. The van der Waals surface area contributed by atoms with E-state index in [-0.39, 0.29) is 11.9 Å². The highest BCUT2D eigenvalue weighted by Gasteiger charge is 2.34. The average molecular weight is 343 g/mol. The molecule has 2 atom stereocenters. The number of rotatable bonds is 5. The molecule has 3 rings (SSSR count). The van der Waals surface area contributed by atoms with E-state index in [0.717, 1.165) is 18.4 Å². The van der Waals surface area contributed by atoms with Crippen molar-refractivity contribution in [3.8, 4) is 5.88 Å². The highest BCUT2D eigenvalue weighted by atomic mass is 16.5. The van der Waals surface area contributed by atoms with Gasteiger partial charge in [0, 0.05) is 19.6 Å². The Morgan fingerprint density at radius 3 is 2.80 bits per heavy atom. The normalized spacial score (nSPS) is 18.4. The Balaban J connectivity index is 1.79. The molecule has 1 fully saturated rings. The number of hydrogen-bond acceptors (Lipinski definition) is 4. The second-order valence-electron chi connectivity index (χ2n) is 6.55. The highest BCUT2D eigenvalue weighted by Crippen LogP contribution is 2.31. The summed E-state index contributed by atoms with van der Waals surface area (Å²) in [5, 5.41) is 14.8. The minimum atomic E-state index is -0.573. The maximum atomic E-state index is 13.1. The zero-order valence-corrected chi connectivity index (χ0v) is 15.0. The molecule has 0 unspecified atom stereocenters. The summed E-state index contributed by atoms with van der Waals surface area (Å²) in [6, 6.07) is 9.62. The first-order chi connectivity index (χ1) is 12.0. The molecule has 1 saturated heterocycles. The number of nitrogens with zero attached hydrogens (tertiary/aromatic N) is 3. The van der Waals surface area contributed by atoms with Crippen molar-refractivity contribution >= 4 is 5.91 Å². The van der Waals surface area contributed by atoms with Crippen LogP contribution >= 0.6 is 0 Å². The van der Waals surface area contributed by atoms with Crippen molar-refractivity contribution in [1.29, 1.82) is 0 Å². The lowest BCUT2D eigenvalue weighted by Crippen LogP contribution is -2.36.